The fraction of sp³-hybridized carbons (Fsp3) is 0.200. The van der Waals surface area contributed by atoms with Gasteiger partial charge in [-0.3, -0.25) is 4.70 Å². The fourth-order valence-electron chi connectivity index (χ4n) is 0.107. The van der Waals surface area contributed by atoms with Crippen molar-refractivity contribution in [1.82, 2.24) is 0 Å². The van der Waals surface area contributed by atoms with Crippen LogP contribution >= 0.6 is 11.6 Å². The summed E-state index contributed by atoms with van der Waals surface area (Å²) in [6, 6.07) is 0. The summed E-state index contributed by atoms with van der Waals surface area (Å²) in [6.07, 6.45) is -8.90. The molecule has 0 aliphatic rings. The third-order valence-electron chi connectivity index (χ3n) is 0.415. The lowest BCUT2D eigenvalue weighted by Gasteiger charge is -1.98. The summed E-state index contributed by atoms with van der Waals surface area (Å²) >= 11 is 4.76. The van der Waals surface area contributed by atoms with Gasteiger partial charge in [0.2, 0.25) is 0 Å². The molecule has 0 aromatic rings. The Morgan fingerprint density at radius 3 is 1.38 bits per heavy atom. The van der Waals surface area contributed by atoms with Gasteiger partial charge in [-0.05, 0) is 5.54 Å². The smallest absolute Gasteiger partial charge is 0.269 e. The van der Waals surface area contributed by atoms with Crippen LogP contribution in [0, 0.1) is 0 Å². The van der Waals surface area contributed by atoms with Crippen molar-refractivity contribution < 1.29 is 31.0 Å². The summed E-state index contributed by atoms with van der Waals surface area (Å²) in [5, 5.41) is 0. The maximum absolute atomic E-state index is 11.0. The minimum Gasteiger partial charge on any atom is -0.269 e. The maximum atomic E-state index is 11.0. The van der Waals surface area contributed by atoms with Crippen LogP contribution in [0.3, 0.4) is 0 Å². The molecule has 0 radical (unpaired) electrons. The molecule has 13 heavy (non-hydrogen) atoms. The van der Waals surface area contributed by atoms with E-state index in [1.807, 2.05) is 0 Å². The monoisotopic (exact) mass is 232 g/mol. The SMILES string of the molecule is C=CCl.F.FC(F)=C(F)C(F)(F)F. The van der Waals surface area contributed by atoms with Crippen LogP contribution in [0.5, 0.6) is 0 Å². The molecule has 0 N–H and O–H groups in total. The zero-order chi connectivity index (χ0) is 10.4. The summed E-state index contributed by atoms with van der Waals surface area (Å²) in [5.74, 6) is -3.33. The molecule has 0 fully saturated rings. The van der Waals surface area contributed by atoms with Gasteiger partial charge in [0.05, 0.1) is 0 Å². The molecule has 0 unspecified atom stereocenters. The third kappa shape index (κ3) is 11.3. The van der Waals surface area contributed by atoms with Crippen LogP contribution in [0.25, 0.3) is 0 Å². The first-order valence-electron chi connectivity index (χ1n) is 2.26. The largest absolute Gasteiger partial charge is 0.448 e. The first kappa shape index (κ1) is 18.1. The van der Waals surface area contributed by atoms with E-state index in [2.05, 4.69) is 6.58 Å². The van der Waals surface area contributed by atoms with Crippen molar-refractivity contribution in [2.45, 2.75) is 6.18 Å². The van der Waals surface area contributed by atoms with Gasteiger partial charge in [0, 0.05) is 0 Å². The summed E-state index contributed by atoms with van der Waals surface area (Å²) in [5.41, 5.74) is 1.22. The highest BCUT2D eigenvalue weighted by atomic mass is 35.5. The Labute approximate surface area is 73.9 Å². The van der Waals surface area contributed by atoms with E-state index in [1.54, 1.807) is 0 Å². The van der Waals surface area contributed by atoms with E-state index in [-0.39, 0.29) is 4.70 Å². The molecular weight excluding hydrogens is 228 g/mol. The molecule has 0 aliphatic carbocycles. The van der Waals surface area contributed by atoms with Crippen molar-refractivity contribution >= 4 is 11.6 Å². The molecule has 0 nitrogen and oxygen atoms in total. The average Bonchev–Trinajstić information content (AvgIpc) is 1.85. The second-order valence-corrected chi connectivity index (χ2v) is 1.54. The molecule has 0 heterocycles. The number of hydrogen-bond donors (Lipinski definition) is 0. The third-order valence-corrected chi connectivity index (χ3v) is 0.415. The Morgan fingerprint density at radius 1 is 1.15 bits per heavy atom. The molecule has 0 spiro atoms. The second kappa shape index (κ2) is 7.90. The van der Waals surface area contributed by atoms with Crippen LogP contribution in [0.4, 0.5) is 31.0 Å². The number of alkyl halides is 3. The van der Waals surface area contributed by atoms with Gasteiger partial charge in [0.25, 0.3) is 5.83 Å². The highest BCUT2D eigenvalue weighted by Crippen LogP contribution is 2.29. The summed E-state index contributed by atoms with van der Waals surface area (Å²) in [6.45, 7) is 3.13. The van der Waals surface area contributed by atoms with Crippen molar-refractivity contribution in [3.63, 3.8) is 0 Å². The van der Waals surface area contributed by atoms with Gasteiger partial charge in [0.15, 0.2) is 0 Å². The van der Waals surface area contributed by atoms with Crippen molar-refractivity contribution in [2.75, 3.05) is 0 Å². The van der Waals surface area contributed by atoms with Crippen LogP contribution in [0.2, 0.25) is 0 Å². The van der Waals surface area contributed by atoms with E-state index >= 15 is 0 Å². The number of rotatable bonds is 0. The molecule has 0 rings (SSSR count). The van der Waals surface area contributed by atoms with Crippen molar-refractivity contribution in [3.05, 3.63) is 24.0 Å². The van der Waals surface area contributed by atoms with E-state index in [1.165, 1.54) is 5.54 Å². The van der Waals surface area contributed by atoms with E-state index < -0.39 is 18.1 Å². The Hall–Kier alpha value is -0.720. The van der Waals surface area contributed by atoms with Crippen LogP contribution in [0.15, 0.2) is 24.0 Å². The Kier molecular flexibility index (Phi) is 11.0. The predicted molar refractivity (Wildman–Crippen MR) is 35.0 cm³/mol. The van der Waals surface area contributed by atoms with Crippen molar-refractivity contribution in [1.29, 1.82) is 0 Å². The topological polar surface area (TPSA) is 0 Å². The quantitative estimate of drug-likeness (QED) is 0.551. The van der Waals surface area contributed by atoms with Crippen molar-refractivity contribution in [2.24, 2.45) is 0 Å². The Balaban J connectivity index is -0.000000220. The molecule has 0 aromatic carbocycles. The molecule has 0 saturated heterocycles. The lowest BCUT2D eigenvalue weighted by Crippen LogP contribution is -2.08. The standard InChI is InChI=1S/C3F6.C2H3Cl.FH/c4-1(2(5)6)3(7,8)9;1-2-3;/h;2H,1H2;1H. The van der Waals surface area contributed by atoms with Gasteiger partial charge in [-0.2, -0.15) is 26.3 Å². The highest BCUT2D eigenvalue weighted by Gasteiger charge is 2.38. The Bertz CT molecular complexity index is 166. The van der Waals surface area contributed by atoms with Crippen molar-refractivity contribution in [3.8, 4) is 0 Å². The Morgan fingerprint density at radius 2 is 1.38 bits per heavy atom. The first-order valence-corrected chi connectivity index (χ1v) is 2.70. The molecule has 0 saturated carbocycles. The predicted octanol–water partition coefficient (Wildman–Crippen LogP) is 4.15. The van der Waals surface area contributed by atoms with Gasteiger partial charge in [-0.25, -0.2) is 0 Å². The van der Waals surface area contributed by atoms with Crippen LogP contribution in [-0.2, 0) is 0 Å². The minimum atomic E-state index is -5.56. The molecule has 0 amide bonds. The number of allylic oxidation sites excluding steroid dienone is 1. The average molecular weight is 233 g/mol. The number of hydrogen-bond acceptors (Lipinski definition) is 0. The van der Waals surface area contributed by atoms with E-state index in [0.717, 1.165) is 0 Å². The molecule has 8 heteroatoms. The number of halogens is 8. The molecule has 0 aromatic heterocycles. The first-order chi connectivity index (χ1) is 5.27. The van der Waals surface area contributed by atoms with E-state index in [4.69, 9.17) is 11.6 Å². The van der Waals surface area contributed by atoms with Crippen LogP contribution in [-0.4, -0.2) is 6.18 Å². The maximum Gasteiger partial charge on any atom is 0.448 e. The summed E-state index contributed by atoms with van der Waals surface area (Å²) in [7, 11) is 0. The minimum absolute atomic E-state index is 0. The van der Waals surface area contributed by atoms with Crippen LogP contribution < -0.4 is 0 Å². The van der Waals surface area contributed by atoms with Gasteiger partial charge >= 0.3 is 12.3 Å². The lowest BCUT2D eigenvalue weighted by molar-refractivity contribution is -0.113. The highest BCUT2D eigenvalue weighted by molar-refractivity contribution is 6.25. The van der Waals surface area contributed by atoms with Gasteiger partial charge in [-0.15, -0.1) is 0 Å². The molecule has 0 bridgehead atoms. The summed E-state index contributed by atoms with van der Waals surface area (Å²) in [4.78, 5) is 0. The zero-order valence-electron chi connectivity index (χ0n) is 5.84. The normalized spacial score (nSPS) is 8.85. The van der Waals surface area contributed by atoms with Crippen LogP contribution in [0.1, 0.15) is 0 Å². The molecule has 80 valence electrons. The van der Waals surface area contributed by atoms with Gasteiger partial charge in [-0.1, -0.05) is 18.2 Å². The van der Waals surface area contributed by atoms with Gasteiger partial charge in [0.1, 0.15) is 0 Å². The lowest BCUT2D eigenvalue weighted by atomic mass is 10.6. The fourth-order valence-corrected chi connectivity index (χ4v) is 0.107. The van der Waals surface area contributed by atoms with Gasteiger partial charge < -0.3 is 0 Å². The summed E-state index contributed by atoms with van der Waals surface area (Å²) < 4.78 is 64.8. The molecule has 0 atom stereocenters. The second-order valence-electron chi connectivity index (χ2n) is 1.23. The molecular formula is C5H4ClF7. The van der Waals surface area contributed by atoms with E-state index in [9.17, 15) is 26.3 Å². The zero-order valence-corrected chi connectivity index (χ0v) is 6.59. The van der Waals surface area contributed by atoms with E-state index in [0.29, 0.717) is 0 Å². The molecule has 0 aliphatic heterocycles.